The Hall–Kier alpha value is -3.15. The van der Waals surface area contributed by atoms with Crippen LogP contribution < -0.4 is 15.4 Å². The first-order valence-corrected chi connectivity index (χ1v) is 9.78. The van der Waals surface area contributed by atoms with Crippen molar-refractivity contribution in [3.63, 3.8) is 0 Å². The van der Waals surface area contributed by atoms with Gasteiger partial charge in [-0.3, -0.25) is 4.79 Å². The number of rotatable bonds is 6. The molecule has 29 heavy (non-hydrogen) atoms. The summed E-state index contributed by atoms with van der Waals surface area (Å²) in [5.41, 5.74) is 3.55. The van der Waals surface area contributed by atoms with Gasteiger partial charge in [0.25, 0.3) is 5.91 Å². The second kappa shape index (κ2) is 9.37. The van der Waals surface area contributed by atoms with Gasteiger partial charge in [0, 0.05) is 24.3 Å². The van der Waals surface area contributed by atoms with E-state index in [-0.39, 0.29) is 12.0 Å². The molecule has 0 saturated carbocycles. The van der Waals surface area contributed by atoms with Crippen molar-refractivity contribution >= 4 is 11.6 Å². The maximum Gasteiger partial charge on any atom is 0.255 e. The van der Waals surface area contributed by atoms with E-state index in [1.54, 1.807) is 12.1 Å². The van der Waals surface area contributed by atoms with Crippen molar-refractivity contribution < 1.29 is 14.3 Å². The van der Waals surface area contributed by atoms with Crippen LogP contribution in [0.25, 0.3) is 0 Å². The summed E-state index contributed by atoms with van der Waals surface area (Å²) in [7, 11) is 0. The summed E-state index contributed by atoms with van der Waals surface area (Å²) in [4.78, 5) is 12.5. The van der Waals surface area contributed by atoms with Gasteiger partial charge in [-0.2, -0.15) is 0 Å². The summed E-state index contributed by atoms with van der Waals surface area (Å²) < 4.78 is 11.5. The second-order valence-electron chi connectivity index (χ2n) is 6.94. The van der Waals surface area contributed by atoms with E-state index in [9.17, 15) is 4.79 Å². The van der Waals surface area contributed by atoms with Crippen LogP contribution >= 0.6 is 0 Å². The number of hydrogen-bond donors (Lipinski definition) is 2. The van der Waals surface area contributed by atoms with E-state index in [1.165, 1.54) is 0 Å². The molecule has 1 aliphatic rings. The third-order valence-corrected chi connectivity index (χ3v) is 4.83. The van der Waals surface area contributed by atoms with Crippen molar-refractivity contribution in [3.05, 3.63) is 95.6 Å². The number of anilines is 1. The molecule has 0 aliphatic carbocycles. The first-order chi connectivity index (χ1) is 14.3. The fraction of sp³-hybridized carbons (Fsp3) is 0.208. The van der Waals surface area contributed by atoms with E-state index in [0.717, 1.165) is 35.7 Å². The SMILES string of the molecule is O=C(Nc1ccc([C@@H]2CNCCO2)cc1)c1ccc(OCc2ccccc2)cc1. The van der Waals surface area contributed by atoms with E-state index in [1.807, 2.05) is 66.7 Å². The van der Waals surface area contributed by atoms with Crippen LogP contribution in [-0.2, 0) is 11.3 Å². The third-order valence-electron chi connectivity index (χ3n) is 4.83. The Bertz CT molecular complexity index is 919. The molecule has 4 rings (SSSR count). The fourth-order valence-corrected chi connectivity index (χ4v) is 3.21. The average molecular weight is 388 g/mol. The predicted molar refractivity (Wildman–Crippen MR) is 113 cm³/mol. The van der Waals surface area contributed by atoms with Crippen LogP contribution in [0.2, 0.25) is 0 Å². The van der Waals surface area contributed by atoms with Gasteiger partial charge in [-0.25, -0.2) is 0 Å². The second-order valence-corrected chi connectivity index (χ2v) is 6.94. The average Bonchev–Trinajstić information content (AvgIpc) is 2.80. The Kier molecular flexibility index (Phi) is 6.19. The van der Waals surface area contributed by atoms with Crippen LogP contribution in [0.4, 0.5) is 5.69 Å². The molecular formula is C24H24N2O3. The zero-order chi connectivity index (χ0) is 19.9. The van der Waals surface area contributed by atoms with Crippen LogP contribution in [0.15, 0.2) is 78.9 Å². The van der Waals surface area contributed by atoms with Gasteiger partial charge in [0.1, 0.15) is 12.4 Å². The van der Waals surface area contributed by atoms with Crippen molar-refractivity contribution in [2.75, 3.05) is 25.0 Å². The number of nitrogens with one attached hydrogen (secondary N) is 2. The first kappa shape index (κ1) is 19.2. The minimum absolute atomic E-state index is 0.0666. The minimum atomic E-state index is -0.150. The number of benzene rings is 3. The number of carbonyl (C=O) groups excluding carboxylic acids is 1. The van der Waals surface area contributed by atoms with Crippen LogP contribution in [-0.4, -0.2) is 25.6 Å². The van der Waals surface area contributed by atoms with Crippen LogP contribution in [0.3, 0.4) is 0 Å². The highest BCUT2D eigenvalue weighted by molar-refractivity contribution is 6.04. The highest BCUT2D eigenvalue weighted by Gasteiger charge is 2.15. The van der Waals surface area contributed by atoms with Crippen molar-refractivity contribution in [2.45, 2.75) is 12.7 Å². The van der Waals surface area contributed by atoms with Gasteiger partial charge in [-0.05, 0) is 47.5 Å². The van der Waals surface area contributed by atoms with Crippen LogP contribution in [0.5, 0.6) is 5.75 Å². The molecule has 148 valence electrons. The standard InChI is InChI=1S/C24H24N2O3/c27-24(26-21-10-6-19(7-11-21)23-16-25-14-15-28-23)20-8-12-22(13-9-20)29-17-18-4-2-1-3-5-18/h1-13,23,25H,14-17H2,(H,26,27)/t23-/m0/s1. The van der Waals surface area contributed by atoms with E-state index >= 15 is 0 Å². The van der Waals surface area contributed by atoms with Crippen molar-refractivity contribution in [3.8, 4) is 5.75 Å². The molecule has 1 saturated heterocycles. The largest absolute Gasteiger partial charge is 0.489 e. The molecule has 0 aromatic heterocycles. The van der Waals surface area contributed by atoms with Crippen molar-refractivity contribution in [1.29, 1.82) is 0 Å². The molecule has 1 amide bonds. The molecule has 2 N–H and O–H groups in total. The Balaban J connectivity index is 1.32. The summed E-state index contributed by atoms with van der Waals surface area (Å²) in [5.74, 6) is 0.582. The maximum atomic E-state index is 12.5. The molecule has 5 nitrogen and oxygen atoms in total. The molecule has 0 unspecified atom stereocenters. The van der Waals surface area contributed by atoms with Crippen molar-refractivity contribution in [2.24, 2.45) is 0 Å². The molecule has 1 atom stereocenters. The molecule has 0 radical (unpaired) electrons. The molecule has 1 heterocycles. The van der Waals surface area contributed by atoms with Gasteiger partial charge < -0.3 is 20.1 Å². The molecule has 3 aromatic rings. The first-order valence-electron chi connectivity index (χ1n) is 9.78. The lowest BCUT2D eigenvalue weighted by Crippen LogP contribution is -2.33. The Morgan fingerprint density at radius 3 is 2.45 bits per heavy atom. The van der Waals surface area contributed by atoms with Gasteiger partial charge in [-0.15, -0.1) is 0 Å². The van der Waals surface area contributed by atoms with Gasteiger partial charge in [0.15, 0.2) is 0 Å². The number of amides is 1. The molecule has 3 aromatic carbocycles. The molecule has 0 spiro atoms. The van der Waals surface area contributed by atoms with Gasteiger partial charge >= 0.3 is 0 Å². The summed E-state index contributed by atoms with van der Waals surface area (Å²) in [6.07, 6.45) is 0.0666. The van der Waals surface area contributed by atoms with Crippen molar-refractivity contribution in [1.82, 2.24) is 5.32 Å². The molecular weight excluding hydrogens is 364 g/mol. The van der Waals surface area contributed by atoms with Gasteiger partial charge in [0.05, 0.1) is 12.7 Å². The topological polar surface area (TPSA) is 59.6 Å². The minimum Gasteiger partial charge on any atom is -0.489 e. The highest BCUT2D eigenvalue weighted by atomic mass is 16.5. The Morgan fingerprint density at radius 2 is 1.76 bits per heavy atom. The van der Waals surface area contributed by atoms with E-state index < -0.39 is 0 Å². The lowest BCUT2D eigenvalue weighted by Gasteiger charge is -2.24. The van der Waals surface area contributed by atoms with E-state index in [4.69, 9.17) is 9.47 Å². The van der Waals surface area contributed by atoms with E-state index in [2.05, 4.69) is 10.6 Å². The monoisotopic (exact) mass is 388 g/mol. The molecule has 1 fully saturated rings. The summed E-state index contributed by atoms with van der Waals surface area (Å²) >= 11 is 0. The number of carbonyl (C=O) groups is 1. The van der Waals surface area contributed by atoms with Crippen LogP contribution in [0, 0.1) is 0 Å². The molecule has 0 bridgehead atoms. The maximum absolute atomic E-state index is 12.5. The summed E-state index contributed by atoms with van der Waals surface area (Å²) in [5, 5.41) is 6.25. The number of hydrogen-bond acceptors (Lipinski definition) is 4. The Labute approximate surface area is 170 Å². The van der Waals surface area contributed by atoms with Gasteiger partial charge in [-0.1, -0.05) is 42.5 Å². The molecule has 1 aliphatic heterocycles. The lowest BCUT2D eigenvalue weighted by molar-refractivity contribution is 0.0277. The summed E-state index contributed by atoms with van der Waals surface area (Å²) in [6.45, 7) is 2.91. The third kappa shape index (κ3) is 5.22. The quantitative estimate of drug-likeness (QED) is 0.665. The number of morpholine rings is 1. The lowest BCUT2D eigenvalue weighted by atomic mass is 10.1. The molecule has 5 heteroatoms. The number of ether oxygens (including phenoxy) is 2. The van der Waals surface area contributed by atoms with Gasteiger partial charge in [0.2, 0.25) is 0 Å². The van der Waals surface area contributed by atoms with Crippen LogP contribution in [0.1, 0.15) is 27.6 Å². The summed E-state index contributed by atoms with van der Waals surface area (Å²) in [6, 6.07) is 24.9. The van der Waals surface area contributed by atoms with E-state index in [0.29, 0.717) is 18.8 Å². The predicted octanol–water partition coefficient (Wildman–Crippen LogP) is 4.18. The zero-order valence-electron chi connectivity index (χ0n) is 16.1. The smallest absolute Gasteiger partial charge is 0.255 e. The normalized spacial score (nSPS) is 16.2. The Morgan fingerprint density at radius 1 is 1.00 bits per heavy atom. The zero-order valence-corrected chi connectivity index (χ0v) is 16.1. The fourth-order valence-electron chi connectivity index (χ4n) is 3.21. The highest BCUT2D eigenvalue weighted by Crippen LogP contribution is 2.21.